The fourth-order valence-corrected chi connectivity index (χ4v) is 4.11. The molecule has 0 aliphatic heterocycles. The molecular weight excluding hydrogens is 533 g/mol. The van der Waals surface area contributed by atoms with E-state index in [1.165, 1.54) is 47.3 Å². The molecule has 1 saturated carbocycles. The van der Waals surface area contributed by atoms with Crippen LogP contribution in [0, 0.1) is 13.8 Å². The van der Waals surface area contributed by atoms with E-state index in [1.54, 1.807) is 31.3 Å². The van der Waals surface area contributed by atoms with Gasteiger partial charge in [-0.05, 0) is 62.6 Å². The molecule has 2 heterocycles. The summed E-state index contributed by atoms with van der Waals surface area (Å²) < 4.78 is 41.3. The second-order valence-corrected chi connectivity index (χ2v) is 10.00. The number of thiazole rings is 1. The first kappa shape index (κ1) is 27.6. The molecule has 2 aromatic heterocycles. The Bertz CT molecular complexity index is 1510. The van der Waals surface area contributed by atoms with E-state index in [4.69, 9.17) is 10.8 Å². The van der Waals surface area contributed by atoms with Gasteiger partial charge in [0.2, 0.25) is 0 Å². The number of nitrogens with two attached hydrogens (primary N) is 1. The van der Waals surface area contributed by atoms with Crippen LogP contribution in [0.15, 0.2) is 55.1 Å². The number of hydrogen-bond donors (Lipinski definition) is 4. The maximum absolute atomic E-state index is 13.3. The molecule has 0 spiro atoms. The highest BCUT2D eigenvalue weighted by Gasteiger charge is 2.32. The Morgan fingerprint density at radius 2 is 1.87 bits per heavy atom. The first-order valence-corrected chi connectivity index (χ1v) is 12.6. The first-order valence-electron chi connectivity index (χ1n) is 11.8. The topological polar surface area (TPSA) is 135 Å². The smallest absolute Gasteiger partial charge is 0.416 e. The third-order valence-electron chi connectivity index (χ3n) is 5.68. The molecule has 0 bridgehead atoms. The lowest BCUT2D eigenvalue weighted by Gasteiger charge is -2.13. The average molecular weight is 559 g/mol. The predicted octanol–water partition coefficient (Wildman–Crippen LogP) is 5.76. The fraction of sp³-hybridized carbons (Fsp3) is 0.231. The highest BCUT2D eigenvalue weighted by molar-refractivity contribution is 7.17. The van der Waals surface area contributed by atoms with E-state index in [-0.39, 0.29) is 16.1 Å². The van der Waals surface area contributed by atoms with Gasteiger partial charge in [-0.2, -0.15) is 13.2 Å². The van der Waals surface area contributed by atoms with Gasteiger partial charge < -0.3 is 26.0 Å². The number of amides is 1. The molecule has 0 atom stereocenters. The zero-order valence-electron chi connectivity index (χ0n) is 20.9. The van der Waals surface area contributed by atoms with Gasteiger partial charge in [0.1, 0.15) is 4.88 Å². The molecule has 204 valence electrons. The monoisotopic (exact) mass is 558 g/mol. The number of aromatic carboxylic acids is 1. The summed E-state index contributed by atoms with van der Waals surface area (Å²) in [6.45, 7) is 3.53. The fourth-order valence-electron chi connectivity index (χ4n) is 3.38. The van der Waals surface area contributed by atoms with E-state index < -0.39 is 23.6 Å². The number of carboxylic acids is 1. The Labute approximate surface area is 225 Å². The van der Waals surface area contributed by atoms with Crippen molar-refractivity contribution in [1.82, 2.24) is 14.5 Å². The minimum Gasteiger partial charge on any atom is -0.477 e. The van der Waals surface area contributed by atoms with Crippen molar-refractivity contribution in [1.29, 1.82) is 0 Å². The highest BCUT2D eigenvalue weighted by Crippen LogP contribution is 2.32. The summed E-state index contributed by atoms with van der Waals surface area (Å²) in [5.74, 6) is -1.57. The largest absolute Gasteiger partial charge is 0.477 e. The Morgan fingerprint density at radius 1 is 1.13 bits per heavy atom. The SMILES string of the molecule is Cc1cn(-c2cc(C(=O)Nc3ccc(C)c(N)c3)cc(C(F)(F)F)c2)cn1.O=C(O)c1cnc(NC2CC2)s1. The van der Waals surface area contributed by atoms with E-state index in [0.717, 1.165) is 22.8 Å². The van der Waals surface area contributed by atoms with Gasteiger partial charge in [0, 0.05) is 34.9 Å². The number of carboxylic acid groups (broad SMARTS) is 1. The van der Waals surface area contributed by atoms with Crippen LogP contribution in [0.4, 0.5) is 29.7 Å². The molecular formula is C26H25F3N6O3S. The highest BCUT2D eigenvalue weighted by atomic mass is 32.1. The van der Waals surface area contributed by atoms with Crippen molar-refractivity contribution < 1.29 is 27.9 Å². The lowest BCUT2D eigenvalue weighted by Crippen LogP contribution is -2.15. The van der Waals surface area contributed by atoms with Crippen molar-refractivity contribution in [3.63, 3.8) is 0 Å². The molecule has 0 radical (unpaired) electrons. The number of nitrogens with one attached hydrogen (secondary N) is 2. The van der Waals surface area contributed by atoms with Gasteiger partial charge in [-0.1, -0.05) is 17.4 Å². The van der Waals surface area contributed by atoms with Crippen LogP contribution < -0.4 is 16.4 Å². The normalized spacial score (nSPS) is 12.8. The minimum absolute atomic E-state index is 0.120. The van der Waals surface area contributed by atoms with E-state index >= 15 is 0 Å². The maximum atomic E-state index is 13.3. The number of anilines is 3. The molecule has 0 unspecified atom stereocenters. The van der Waals surface area contributed by atoms with E-state index in [1.807, 2.05) is 6.92 Å². The number of carbonyl (C=O) groups excluding carboxylic acids is 1. The lowest BCUT2D eigenvalue weighted by atomic mass is 10.1. The van der Waals surface area contributed by atoms with Crippen molar-refractivity contribution in [2.45, 2.75) is 38.9 Å². The molecule has 1 fully saturated rings. The number of aryl methyl sites for hydroxylation is 2. The number of benzene rings is 2. The molecule has 2 aromatic carbocycles. The summed E-state index contributed by atoms with van der Waals surface area (Å²) in [5.41, 5.74) is 7.33. The van der Waals surface area contributed by atoms with Crippen molar-refractivity contribution in [2.75, 3.05) is 16.4 Å². The van der Waals surface area contributed by atoms with Crippen LogP contribution in [-0.2, 0) is 6.18 Å². The molecule has 5 N–H and O–H groups in total. The molecule has 13 heteroatoms. The summed E-state index contributed by atoms with van der Waals surface area (Å²) in [6, 6.07) is 8.61. The van der Waals surface area contributed by atoms with Crippen LogP contribution in [0.2, 0.25) is 0 Å². The number of alkyl halides is 3. The summed E-state index contributed by atoms with van der Waals surface area (Å²) in [6.07, 6.45) is 2.11. The average Bonchev–Trinajstić information content (AvgIpc) is 3.37. The second-order valence-electron chi connectivity index (χ2n) is 8.97. The molecule has 1 aliphatic rings. The zero-order valence-corrected chi connectivity index (χ0v) is 21.7. The van der Waals surface area contributed by atoms with Crippen molar-refractivity contribution in [3.8, 4) is 5.69 Å². The van der Waals surface area contributed by atoms with Gasteiger partial charge in [0.15, 0.2) is 5.13 Å². The van der Waals surface area contributed by atoms with E-state index in [9.17, 15) is 22.8 Å². The second kappa shape index (κ2) is 11.2. The van der Waals surface area contributed by atoms with Gasteiger partial charge in [0.25, 0.3) is 5.91 Å². The van der Waals surface area contributed by atoms with Gasteiger partial charge in [-0.15, -0.1) is 0 Å². The number of aromatic nitrogens is 3. The molecule has 9 nitrogen and oxygen atoms in total. The first-order chi connectivity index (χ1) is 18.4. The Kier molecular flexibility index (Phi) is 7.90. The molecule has 5 rings (SSSR count). The summed E-state index contributed by atoms with van der Waals surface area (Å²) in [5, 5.41) is 15.0. The number of rotatable bonds is 6. The van der Waals surface area contributed by atoms with Gasteiger partial charge in [0.05, 0.1) is 23.8 Å². The van der Waals surface area contributed by atoms with Crippen LogP contribution in [-0.4, -0.2) is 37.6 Å². The molecule has 1 amide bonds. The van der Waals surface area contributed by atoms with Crippen molar-refractivity contribution in [3.05, 3.63) is 82.4 Å². The quantitative estimate of drug-likeness (QED) is 0.221. The number of carbonyl (C=O) groups is 2. The van der Waals surface area contributed by atoms with Crippen LogP contribution in [0.25, 0.3) is 5.69 Å². The standard InChI is InChI=1S/C19H17F3N4O.C7H8N2O2S/c1-11-3-4-15(8-17(11)23)25-18(27)13-5-14(19(20,21)22)7-16(6-13)26-9-12(2)24-10-26;10-6(11)5-3-8-7(12-5)9-4-1-2-4/h3-10H,23H2,1-2H3,(H,25,27);3-4H,1-2H2,(H,8,9)(H,10,11). The summed E-state index contributed by atoms with van der Waals surface area (Å²) in [7, 11) is 0. The van der Waals surface area contributed by atoms with Crippen LogP contribution in [0.1, 0.15) is 49.7 Å². The zero-order chi connectivity index (χ0) is 28.3. The summed E-state index contributed by atoms with van der Waals surface area (Å²) >= 11 is 1.19. The number of hydrogen-bond acceptors (Lipinski definition) is 7. The Balaban J connectivity index is 0.000000243. The van der Waals surface area contributed by atoms with Crippen molar-refractivity contribution in [2.24, 2.45) is 0 Å². The Hall–Kier alpha value is -4.39. The molecule has 1 aliphatic carbocycles. The number of nitrogens with zero attached hydrogens (tertiary/aromatic N) is 3. The predicted molar refractivity (Wildman–Crippen MR) is 143 cm³/mol. The maximum Gasteiger partial charge on any atom is 0.416 e. The molecule has 39 heavy (non-hydrogen) atoms. The van der Waals surface area contributed by atoms with Gasteiger partial charge >= 0.3 is 12.1 Å². The van der Waals surface area contributed by atoms with Crippen molar-refractivity contribution >= 4 is 39.7 Å². The van der Waals surface area contributed by atoms with E-state index in [0.29, 0.717) is 23.1 Å². The van der Waals surface area contributed by atoms with E-state index in [2.05, 4.69) is 20.6 Å². The number of halogens is 3. The molecule has 0 saturated heterocycles. The Morgan fingerprint density at radius 3 is 2.44 bits per heavy atom. The lowest BCUT2D eigenvalue weighted by molar-refractivity contribution is -0.137. The van der Waals surface area contributed by atoms with Gasteiger partial charge in [-0.25, -0.2) is 14.8 Å². The van der Waals surface area contributed by atoms with Crippen LogP contribution in [0.3, 0.4) is 0 Å². The number of imidazole rings is 1. The van der Waals surface area contributed by atoms with Gasteiger partial charge in [-0.3, -0.25) is 4.79 Å². The summed E-state index contributed by atoms with van der Waals surface area (Å²) in [4.78, 5) is 31.2. The minimum atomic E-state index is -4.59. The third-order valence-corrected chi connectivity index (χ3v) is 6.59. The number of nitrogen functional groups attached to an aromatic ring is 1. The third kappa shape index (κ3) is 7.35. The molecule has 4 aromatic rings. The van der Waals surface area contributed by atoms with Crippen LogP contribution in [0.5, 0.6) is 0 Å². The van der Waals surface area contributed by atoms with Crippen LogP contribution >= 0.6 is 11.3 Å².